The zero-order valence-corrected chi connectivity index (χ0v) is 12.4. The van der Waals surface area contributed by atoms with E-state index < -0.39 is 0 Å². The molecule has 2 rings (SSSR count). The first-order valence-electron chi connectivity index (χ1n) is 6.72. The van der Waals surface area contributed by atoms with Crippen molar-refractivity contribution in [2.24, 2.45) is 5.84 Å². The summed E-state index contributed by atoms with van der Waals surface area (Å²) >= 11 is 0. The lowest BCUT2D eigenvalue weighted by Crippen LogP contribution is -2.31. The maximum Gasteiger partial charge on any atom is 0.161 e. The number of nitrogens with zero attached hydrogens (tertiary/aromatic N) is 2. The second kappa shape index (κ2) is 6.07. The second-order valence-electron chi connectivity index (χ2n) is 5.15. The van der Waals surface area contributed by atoms with Crippen LogP contribution in [0.1, 0.15) is 42.8 Å². The Labute approximate surface area is 119 Å². The predicted molar refractivity (Wildman–Crippen MR) is 79.5 cm³/mol. The summed E-state index contributed by atoms with van der Waals surface area (Å²) in [5, 5.41) is 4.40. The van der Waals surface area contributed by atoms with Crippen LogP contribution in [0.5, 0.6) is 5.75 Å². The average Bonchev–Trinajstić information content (AvgIpc) is 2.84. The third kappa shape index (κ3) is 2.69. The lowest BCUT2D eigenvalue weighted by atomic mass is 10.0. The topological polar surface area (TPSA) is 65.1 Å². The SMILES string of the molecule is COc1cnn(C(C)C)c1C(NN)c1cccc(C)c1. The highest BCUT2D eigenvalue weighted by Crippen LogP contribution is 2.31. The quantitative estimate of drug-likeness (QED) is 0.649. The molecule has 1 heterocycles. The molecule has 0 aliphatic carbocycles. The standard InChI is InChI=1S/C15H22N4O/c1-10(2)19-15(13(20-4)9-17-19)14(18-16)12-7-5-6-11(3)8-12/h5-10,14,18H,16H2,1-4H3. The van der Waals surface area contributed by atoms with E-state index in [1.165, 1.54) is 5.56 Å². The second-order valence-corrected chi connectivity index (χ2v) is 5.15. The van der Waals surface area contributed by atoms with E-state index in [4.69, 9.17) is 10.6 Å². The average molecular weight is 274 g/mol. The molecule has 5 heteroatoms. The Morgan fingerprint density at radius 2 is 2.10 bits per heavy atom. The van der Waals surface area contributed by atoms with Crippen molar-refractivity contribution in [2.45, 2.75) is 32.9 Å². The first-order valence-corrected chi connectivity index (χ1v) is 6.72. The van der Waals surface area contributed by atoms with E-state index in [2.05, 4.69) is 49.5 Å². The van der Waals surface area contributed by atoms with Crippen molar-refractivity contribution < 1.29 is 4.74 Å². The minimum absolute atomic E-state index is 0.158. The van der Waals surface area contributed by atoms with Gasteiger partial charge in [-0.05, 0) is 26.3 Å². The fraction of sp³-hybridized carbons (Fsp3) is 0.400. The Balaban J connectivity index is 2.54. The van der Waals surface area contributed by atoms with Gasteiger partial charge < -0.3 is 4.74 Å². The smallest absolute Gasteiger partial charge is 0.161 e. The number of hydrazine groups is 1. The van der Waals surface area contributed by atoms with Crippen molar-refractivity contribution >= 4 is 0 Å². The van der Waals surface area contributed by atoms with Gasteiger partial charge in [-0.1, -0.05) is 29.8 Å². The third-order valence-corrected chi connectivity index (χ3v) is 3.32. The maximum atomic E-state index is 5.79. The van der Waals surface area contributed by atoms with Gasteiger partial charge in [-0.3, -0.25) is 10.5 Å². The van der Waals surface area contributed by atoms with Gasteiger partial charge in [0.15, 0.2) is 5.75 Å². The molecule has 0 amide bonds. The highest BCUT2D eigenvalue weighted by molar-refractivity contribution is 5.37. The van der Waals surface area contributed by atoms with Crippen LogP contribution in [0.3, 0.4) is 0 Å². The fourth-order valence-electron chi connectivity index (χ4n) is 2.38. The number of methoxy groups -OCH3 is 1. The summed E-state index contributed by atoms with van der Waals surface area (Å²) in [5.41, 5.74) is 6.10. The molecule has 1 aromatic carbocycles. The monoisotopic (exact) mass is 274 g/mol. The molecule has 0 spiro atoms. The minimum Gasteiger partial charge on any atom is -0.493 e. The number of hydrogen-bond donors (Lipinski definition) is 2. The van der Waals surface area contributed by atoms with E-state index >= 15 is 0 Å². The summed E-state index contributed by atoms with van der Waals surface area (Å²) in [6, 6.07) is 8.33. The molecular weight excluding hydrogens is 252 g/mol. The highest BCUT2D eigenvalue weighted by Gasteiger charge is 2.23. The molecule has 3 N–H and O–H groups in total. The molecule has 1 unspecified atom stereocenters. The lowest BCUT2D eigenvalue weighted by molar-refractivity contribution is 0.394. The van der Waals surface area contributed by atoms with Crippen molar-refractivity contribution in [3.63, 3.8) is 0 Å². The van der Waals surface area contributed by atoms with Crippen LogP contribution < -0.4 is 16.0 Å². The lowest BCUT2D eigenvalue weighted by Gasteiger charge is -2.21. The van der Waals surface area contributed by atoms with Gasteiger partial charge in [0.25, 0.3) is 0 Å². The van der Waals surface area contributed by atoms with E-state index in [9.17, 15) is 0 Å². The molecular formula is C15H22N4O. The first kappa shape index (κ1) is 14.6. The van der Waals surface area contributed by atoms with Gasteiger partial charge in [-0.25, -0.2) is 5.43 Å². The van der Waals surface area contributed by atoms with Crippen LogP contribution in [0.2, 0.25) is 0 Å². The summed E-state index contributed by atoms with van der Waals surface area (Å²) < 4.78 is 7.37. The molecule has 0 aliphatic heterocycles. The number of ether oxygens (including phenoxy) is 1. The van der Waals surface area contributed by atoms with Gasteiger partial charge >= 0.3 is 0 Å². The van der Waals surface area contributed by atoms with E-state index in [0.717, 1.165) is 17.0 Å². The molecule has 108 valence electrons. The zero-order chi connectivity index (χ0) is 14.7. The summed E-state index contributed by atoms with van der Waals surface area (Å²) in [5.74, 6) is 6.53. The molecule has 5 nitrogen and oxygen atoms in total. The molecule has 0 fully saturated rings. The summed E-state index contributed by atoms with van der Waals surface area (Å²) in [6.45, 7) is 6.23. The number of nitrogens with two attached hydrogens (primary N) is 1. The van der Waals surface area contributed by atoms with Crippen LogP contribution in [-0.4, -0.2) is 16.9 Å². The van der Waals surface area contributed by atoms with E-state index in [1.54, 1.807) is 13.3 Å². The van der Waals surface area contributed by atoms with Crippen LogP contribution in [0, 0.1) is 6.92 Å². The summed E-state index contributed by atoms with van der Waals surface area (Å²) in [4.78, 5) is 0. The van der Waals surface area contributed by atoms with Crippen molar-refractivity contribution in [1.29, 1.82) is 0 Å². The van der Waals surface area contributed by atoms with Gasteiger partial charge in [0, 0.05) is 6.04 Å². The number of hydrogen-bond acceptors (Lipinski definition) is 4. The molecule has 0 radical (unpaired) electrons. The third-order valence-electron chi connectivity index (χ3n) is 3.32. The first-order chi connectivity index (χ1) is 9.58. The van der Waals surface area contributed by atoms with Crippen molar-refractivity contribution in [3.8, 4) is 5.75 Å². The number of nitrogens with one attached hydrogen (secondary N) is 1. The Morgan fingerprint density at radius 3 is 2.65 bits per heavy atom. The molecule has 0 aliphatic rings. The van der Waals surface area contributed by atoms with Gasteiger partial charge in [0.1, 0.15) is 5.69 Å². The van der Waals surface area contributed by atoms with Crippen LogP contribution in [0.4, 0.5) is 0 Å². The fourth-order valence-corrected chi connectivity index (χ4v) is 2.38. The normalized spacial score (nSPS) is 12.7. The van der Waals surface area contributed by atoms with Crippen molar-refractivity contribution in [3.05, 3.63) is 47.3 Å². The van der Waals surface area contributed by atoms with Gasteiger partial charge in [0.2, 0.25) is 0 Å². The molecule has 1 atom stereocenters. The van der Waals surface area contributed by atoms with Gasteiger partial charge in [-0.15, -0.1) is 0 Å². The zero-order valence-electron chi connectivity index (χ0n) is 12.4. The summed E-state index contributed by atoms with van der Waals surface area (Å²) in [7, 11) is 1.65. The molecule has 0 saturated carbocycles. The molecule has 20 heavy (non-hydrogen) atoms. The molecule has 0 saturated heterocycles. The number of aryl methyl sites for hydroxylation is 1. The van der Waals surface area contributed by atoms with Crippen LogP contribution in [0.25, 0.3) is 0 Å². The van der Waals surface area contributed by atoms with E-state index in [1.807, 2.05) is 10.7 Å². The van der Waals surface area contributed by atoms with Crippen LogP contribution in [0.15, 0.2) is 30.5 Å². The molecule has 0 bridgehead atoms. The minimum atomic E-state index is -0.158. The van der Waals surface area contributed by atoms with Crippen molar-refractivity contribution in [2.75, 3.05) is 7.11 Å². The van der Waals surface area contributed by atoms with Crippen LogP contribution >= 0.6 is 0 Å². The number of rotatable bonds is 5. The molecule has 1 aromatic heterocycles. The van der Waals surface area contributed by atoms with E-state index in [-0.39, 0.29) is 12.1 Å². The van der Waals surface area contributed by atoms with Crippen LogP contribution in [-0.2, 0) is 0 Å². The Kier molecular flexibility index (Phi) is 4.42. The van der Waals surface area contributed by atoms with Gasteiger partial charge in [-0.2, -0.15) is 5.10 Å². The Hall–Kier alpha value is -1.85. The number of aromatic nitrogens is 2. The maximum absolute atomic E-state index is 5.79. The Bertz CT molecular complexity index is 577. The van der Waals surface area contributed by atoms with Crippen molar-refractivity contribution in [1.82, 2.24) is 15.2 Å². The highest BCUT2D eigenvalue weighted by atomic mass is 16.5. The Morgan fingerprint density at radius 1 is 1.35 bits per heavy atom. The predicted octanol–water partition coefficient (Wildman–Crippen LogP) is 2.33. The largest absolute Gasteiger partial charge is 0.493 e. The number of benzene rings is 1. The van der Waals surface area contributed by atoms with Gasteiger partial charge in [0.05, 0.1) is 19.3 Å². The summed E-state index contributed by atoms with van der Waals surface area (Å²) in [6.07, 6.45) is 1.73. The van der Waals surface area contributed by atoms with E-state index in [0.29, 0.717) is 0 Å². The molecule has 2 aromatic rings.